The van der Waals surface area contributed by atoms with Crippen molar-refractivity contribution in [2.45, 2.75) is 24.1 Å². The van der Waals surface area contributed by atoms with E-state index in [4.69, 9.17) is 29.0 Å². The van der Waals surface area contributed by atoms with Crippen LogP contribution < -0.4 is 11.3 Å². The molecule has 0 amide bonds. The summed E-state index contributed by atoms with van der Waals surface area (Å²) in [7, 11) is 0. The minimum atomic E-state index is -0.0639. The topological polar surface area (TPSA) is 38.0 Å². The van der Waals surface area contributed by atoms with Gasteiger partial charge in [0.15, 0.2) is 0 Å². The van der Waals surface area contributed by atoms with E-state index < -0.39 is 0 Å². The van der Waals surface area contributed by atoms with Crippen molar-refractivity contribution in [3.63, 3.8) is 0 Å². The van der Waals surface area contributed by atoms with Crippen LogP contribution in [0.4, 0.5) is 0 Å². The highest BCUT2D eigenvalue weighted by atomic mass is 35.5. The lowest BCUT2D eigenvalue weighted by Crippen LogP contribution is -2.35. The molecule has 1 aliphatic carbocycles. The van der Waals surface area contributed by atoms with Crippen molar-refractivity contribution in [3.05, 3.63) is 34.9 Å². The van der Waals surface area contributed by atoms with E-state index in [9.17, 15) is 0 Å². The third kappa shape index (κ3) is 2.69. The van der Waals surface area contributed by atoms with Crippen LogP contribution >= 0.6 is 23.2 Å². The van der Waals surface area contributed by atoms with Crippen LogP contribution in [-0.4, -0.2) is 11.4 Å². The molecule has 2 rings (SSSR count). The van der Waals surface area contributed by atoms with Crippen LogP contribution in [0, 0.1) is 5.92 Å². The van der Waals surface area contributed by atoms with Crippen LogP contribution in [0.1, 0.15) is 18.4 Å². The second kappa shape index (κ2) is 4.92. The van der Waals surface area contributed by atoms with Gasteiger partial charge < -0.3 is 0 Å². The number of alkyl halides is 1. The second-order valence-electron chi connectivity index (χ2n) is 4.44. The van der Waals surface area contributed by atoms with Crippen LogP contribution in [-0.2, 0) is 6.42 Å². The SMILES string of the molecule is NNCC(Cc1ccccc1Cl)C1(Cl)CC1. The smallest absolute Gasteiger partial charge is 0.0492 e. The molecule has 0 aliphatic heterocycles. The number of benzene rings is 1. The van der Waals surface area contributed by atoms with Crippen molar-refractivity contribution in [3.8, 4) is 0 Å². The molecule has 2 nitrogen and oxygen atoms in total. The number of halogens is 2. The Balaban J connectivity index is 2.09. The maximum atomic E-state index is 6.45. The van der Waals surface area contributed by atoms with E-state index in [1.165, 1.54) is 0 Å². The van der Waals surface area contributed by atoms with Gasteiger partial charge in [-0.2, -0.15) is 0 Å². The summed E-state index contributed by atoms with van der Waals surface area (Å²) in [5, 5.41) is 0.811. The molecule has 0 bridgehead atoms. The summed E-state index contributed by atoms with van der Waals surface area (Å²) in [5.41, 5.74) is 3.88. The third-order valence-electron chi connectivity index (χ3n) is 3.25. The Morgan fingerprint density at radius 1 is 1.38 bits per heavy atom. The normalized spacial score (nSPS) is 19.4. The molecule has 16 heavy (non-hydrogen) atoms. The van der Waals surface area contributed by atoms with E-state index in [1.54, 1.807) is 0 Å². The fourth-order valence-corrected chi connectivity index (χ4v) is 2.50. The van der Waals surface area contributed by atoms with Crippen molar-refractivity contribution in [1.82, 2.24) is 5.43 Å². The molecule has 88 valence electrons. The first-order valence-corrected chi connectivity index (χ1v) is 6.27. The second-order valence-corrected chi connectivity index (χ2v) is 5.60. The van der Waals surface area contributed by atoms with Gasteiger partial charge in [0.25, 0.3) is 0 Å². The highest BCUT2D eigenvalue weighted by molar-refractivity contribution is 6.31. The predicted molar refractivity (Wildman–Crippen MR) is 68.7 cm³/mol. The highest BCUT2D eigenvalue weighted by Gasteiger charge is 2.47. The Morgan fingerprint density at radius 2 is 2.06 bits per heavy atom. The van der Waals surface area contributed by atoms with Crippen molar-refractivity contribution < 1.29 is 0 Å². The molecule has 1 aliphatic rings. The largest absolute Gasteiger partial charge is 0.271 e. The van der Waals surface area contributed by atoms with Gasteiger partial charge >= 0.3 is 0 Å². The van der Waals surface area contributed by atoms with Gasteiger partial charge in [0.1, 0.15) is 0 Å². The number of nitrogens with two attached hydrogens (primary N) is 1. The number of hydrazine groups is 1. The van der Waals surface area contributed by atoms with Crippen molar-refractivity contribution in [2.75, 3.05) is 6.54 Å². The lowest BCUT2D eigenvalue weighted by Gasteiger charge is -2.21. The lowest BCUT2D eigenvalue weighted by molar-refractivity contribution is 0.448. The average Bonchev–Trinajstić information content (AvgIpc) is 3.00. The Bertz CT molecular complexity index is 364. The predicted octanol–water partition coefficient (Wildman–Crippen LogP) is 2.73. The molecular formula is C12H16Cl2N2. The molecule has 0 aromatic heterocycles. The van der Waals surface area contributed by atoms with Crippen LogP contribution in [0.5, 0.6) is 0 Å². The van der Waals surface area contributed by atoms with Gasteiger partial charge in [0, 0.05) is 16.4 Å². The van der Waals surface area contributed by atoms with Gasteiger partial charge in [0.05, 0.1) is 0 Å². The van der Waals surface area contributed by atoms with Crippen LogP contribution in [0.15, 0.2) is 24.3 Å². The van der Waals surface area contributed by atoms with Gasteiger partial charge in [-0.15, -0.1) is 11.6 Å². The van der Waals surface area contributed by atoms with Gasteiger partial charge in [-0.1, -0.05) is 29.8 Å². The summed E-state index contributed by atoms with van der Waals surface area (Å²) in [6.45, 7) is 0.731. The first-order valence-electron chi connectivity index (χ1n) is 5.51. The molecule has 1 aromatic carbocycles. The van der Waals surface area contributed by atoms with Crippen molar-refractivity contribution in [2.24, 2.45) is 11.8 Å². The maximum Gasteiger partial charge on any atom is 0.0492 e. The zero-order chi connectivity index (χ0) is 11.6. The molecule has 0 saturated heterocycles. The number of hydrogen-bond donors (Lipinski definition) is 2. The Kier molecular flexibility index (Phi) is 3.75. The number of nitrogens with one attached hydrogen (secondary N) is 1. The standard InChI is InChI=1S/C12H16Cl2N2/c13-11-4-2-1-3-9(11)7-10(8-16-15)12(14)5-6-12/h1-4,10,16H,5-8,15H2. The van der Waals surface area contributed by atoms with Crippen LogP contribution in [0.3, 0.4) is 0 Å². The molecule has 0 radical (unpaired) electrons. The highest BCUT2D eigenvalue weighted by Crippen LogP contribution is 2.49. The third-order valence-corrected chi connectivity index (χ3v) is 4.30. The summed E-state index contributed by atoms with van der Waals surface area (Å²) >= 11 is 12.6. The van der Waals surface area contributed by atoms with Gasteiger partial charge in [-0.3, -0.25) is 11.3 Å². The molecule has 0 heterocycles. The van der Waals surface area contributed by atoms with Gasteiger partial charge in [-0.05, 0) is 36.8 Å². The van der Waals surface area contributed by atoms with E-state index >= 15 is 0 Å². The number of hydrogen-bond acceptors (Lipinski definition) is 2. The van der Waals surface area contributed by atoms with E-state index in [2.05, 4.69) is 11.5 Å². The molecule has 1 atom stereocenters. The van der Waals surface area contributed by atoms with Crippen LogP contribution in [0.2, 0.25) is 5.02 Å². The minimum Gasteiger partial charge on any atom is -0.271 e. The van der Waals surface area contributed by atoms with Crippen molar-refractivity contribution >= 4 is 23.2 Å². The fourth-order valence-electron chi connectivity index (χ4n) is 2.04. The molecule has 1 fully saturated rings. The van der Waals surface area contributed by atoms with Gasteiger partial charge in [-0.25, -0.2) is 0 Å². The van der Waals surface area contributed by atoms with E-state index in [1.807, 2.05) is 18.2 Å². The lowest BCUT2D eigenvalue weighted by atomic mass is 9.94. The zero-order valence-corrected chi connectivity index (χ0v) is 10.6. The Morgan fingerprint density at radius 3 is 2.62 bits per heavy atom. The monoisotopic (exact) mass is 258 g/mol. The summed E-state index contributed by atoms with van der Waals surface area (Å²) in [6, 6.07) is 7.91. The fraction of sp³-hybridized carbons (Fsp3) is 0.500. The first kappa shape index (κ1) is 12.2. The van der Waals surface area contributed by atoms with Crippen LogP contribution in [0.25, 0.3) is 0 Å². The van der Waals surface area contributed by atoms with Crippen molar-refractivity contribution in [1.29, 1.82) is 0 Å². The molecule has 1 aromatic rings. The summed E-state index contributed by atoms with van der Waals surface area (Å²) < 4.78 is 0. The summed E-state index contributed by atoms with van der Waals surface area (Å²) in [6.07, 6.45) is 3.03. The zero-order valence-electron chi connectivity index (χ0n) is 9.05. The minimum absolute atomic E-state index is 0.0639. The molecule has 1 saturated carbocycles. The summed E-state index contributed by atoms with van der Waals surface area (Å²) in [4.78, 5) is -0.0639. The molecule has 3 N–H and O–H groups in total. The van der Waals surface area contributed by atoms with Gasteiger partial charge in [0.2, 0.25) is 0 Å². The number of rotatable bonds is 5. The summed E-state index contributed by atoms with van der Waals surface area (Å²) in [5.74, 6) is 5.75. The first-order chi connectivity index (χ1) is 7.65. The molecule has 4 heteroatoms. The quantitative estimate of drug-likeness (QED) is 0.484. The molecule has 0 spiro atoms. The molecule has 1 unspecified atom stereocenters. The average molecular weight is 259 g/mol. The maximum absolute atomic E-state index is 6.45. The Hall–Kier alpha value is -0.280. The molecular weight excluding hydrogens is 243 g/mol. The van der Waals surface area contributed by atoms with E-state index in [0.717, 1.165) is 36.4 Å². The Labute approximate surface area is 106 Å². The van der Waals surface area contributed by atoms with E-state index in [0.29, 0.717) is 5.92 Å². The van der Waals surface area contributed by atoms with E-state index in [-0.39, 0.29) is 4.87 Å².